The summed E-state index contributed by atoms with van der Waals surface area (Å²) >= 11 is 5.07. The van der Waals surface area contributed by atoms with Gasteiger partial charge in [-0.2, -0.15) is 4.80 Å². The van der Waals surface area contributed by atoms with E-state index >= 15 is 0 Å². The van der Waals surface area contributed by atoms with Crippen molar-refractivity contribution in [2.75, 3.05) is 5.32 Å². The Kier molecular flexibility index (Phi) is 5.54. The fourth-order valence-electron chi connectivity index (χ4n) is 1.79. The number of carbonyl (C=O) groups is 1. The lowest BCUT2D eigenvalue weighted by molar-refractivity contribution is 0.0977. The molecule has 0 bridgehead atoms. The number of hydrogen-bond donors (Lipinski definition) is 2. The summed E-state index contributed by atoms with van der Waals surface area (Å²) in [5.74, 6) is -0.0128. The number of aromatic nitrogens is 4. The molecular weight excluding hydrogens is 300 g/mol. The molecule has 1 aromatic heterocycles. The zero-order valence-electron chi connectivity index (χ0n) is 12.5. The van der Waals surface area contributed by atoms with E-state index in [1.54, 1.807) is 12.1 Å². The van der Waals surface area contributed by atoms with Crippen LogP contribution >= 0.6 is 12.2 Å². The molecule has 0 spiro atoms. The molecule has 0 saturated heterocycles. The first-order chi connectivity index (χ1) is 10.6. The molecule has 0 fully saturated rings. The van der Waals surface area contributed by atoms with Crippen LogP contribution in [0.2, 0.25) is 0 Å². The topological polar surface area (TPSA) is 84.7 Å². The van der Waals surface area contributed by atoms with Crippen molar-refractivity contribution in [1.82, 2.24) is 25.5 Å². The van der Waals surface area contributed by atoms with E-state index < -0.39 is 0 Å². The Labute approximate surface area is 134 Å². The zero-order valence-corrected chi connectivity index (χ0v) is 13.4. The zero-order chi connectivity index (χ0) is 15.9. The quantitative estimate of drug-likeness (QED) is 0.817. The van der Waals surface area contributed by atoms with Crippen molar-refractivity contribution in [1.29, 1.82) is 0 Å². The summed E-state index contributed by atoms with van der Waals surface area (Å²) in [5.41, 5.74) is 1.72. The predicted octanol–water partition coefficient (Wildman–Crippen LogP) is 1.77. The van der Waals surface area contributed by atoms with Gasteiger partial charge in [-0.05, 0) is 48.0 Å². The van der Waals surface area contributed by atoms with Gasteiger partial charge in [0.05, 0.1) is 6.54 Å². The molecule has 1 amide bonds. The van der Waals surface area contributed by atoms with Crippen molar-refractivity contribution in [3.63, 3.8) is 0 Å². The van der Waals surface area contributed by atoms with Gasteiger partial charge in [0.1, 0.15) is 0 Å². The number of aryl methyl sites for hydroxylation is 2. The summed E-state index contributed by atoms with van der Waals surface area (Å²) in [6.45, 7) is 4.76. The summed E-state index contributed by atoms with van der Waals surface area (Å²) in [7, 11) is 0. The minimum absolute atomic E-state index is 0.139. The van der Waals surface area contributed by atoms with Crippen molar-refractivity contribution in [3.8, 4) is 0 Å². The number of nitrogens with zero attached hydrogens (tertiary/aromatic N) is 4. The van der Waals surface area contributed by atoms with Crippen LogP contribution in [0.25, 0.3) is 0 Å². The number of anilines is 1. The Morgan fingerprint density at radius 1 is 1.27 bits per heavy atom. The number of nitrogens with one attached hydrogen (secondary N) is 2. The van der Waals surface area contributed by atoms with Crippen LogP contribution in [0.5, 0.6) is 0 Å². The first kappa shape index (κ1) is 16.0. The van der Waals surface area contributed by atoms with Crippen molar-refractivity contribution in [3.05, 3.63) is 35.4 Å². The maximum atomic E-state index is 12.1. The largest absolute Gasteiger partial charge is 0.299 e. The molecule has 0 aliphatic heterocycles. The van der Waals surface area contributed by atoms with Crippen LogP contribution in [0.4, 0.5) is 5.95 Å². The fraction of sp³-hybridized carbons (Fsp3) is 0.357. The number of amides is 1. The summed E-state index contributed by atoms with van der Waals surface area (Å²) in [6.07, 6.45) is 1.84. The minimum Gasteiger partial charge on any atom is -0.299 e. The highest BCUT2D eigenvalue weighted by molar-refractivity contribution is 7.80. The molecule has 0 radical (unpaired) electrons. The van der Waals surface area contributed by atoms with Crippen LogP contribution in [0.1, 0.15) is 36.2 Å². The number of benzene rings is 1. The molecule has 1 heterocycles. The number of rotatable bonds is 5. The van der Waals surface area contributed by atoms with Gasteiger partial charge in [0, 0.05) is 5.56 Å². The molecule has 0 aliphatic rings. The van der Waals surface area contributed by atoms with Crippen LogP contribution in [-0.4, -0.2) is 31.2 Å². The third-order valence-corrected chi connectivity index (χ3v) is 3.16. The second kappa shape index (κ2) is 7.60. The first-order valence-electron chi connectivity index (χ1n) is 7.11. The summed E-state index contributed by atoms with van der Waals surface area (Å²) < 4.78 is 0. The Morgan fingerprint density at radius 2 is 2.00 bits per heavy atom. The highest BCUT2D eigenvalue weighted by Crippen LogP contribution is 2.05. The van der Waals surface area contributed by atoms with Crippen LogP contribution in [0.3, 0.4) is 0 Å². The lowest BCUT2D eigenvalue weighted by atomic mass is 10.1. The maximum absolute atomic E-state index is 12.1. The van der Waals surface area contributed by atoms with E-state index in [9.17, 15) is 4.79 Å². The molecular formula is C14H18N6OS. The SMILES string of the molecule is CCCn1nnc(NC(=S)NC(=O)c2ccc(CC)cc2)n1. The average Bonchev–Trinajstić information content (AvgIpc) is 2.94. The molecule has 0 aliphatic carbocycles. The fourth-order valence-corrected chi connectivity index (χ4v) is 1.97. The van der Waals surface area contributed by atoms with E-state index in [0.717, 1.165) is 12.8 Å². The Hall–Kier alpha value is -2.35. The predicted molar refractivity (Wildman–Crippen MR) is 87.6 cm³/mol. The van der Waals surface area contributed by atoms with Crippen LogP contribution < -0.4 is 10.6 Å². The highest BCUT2D eigenvalue weighted by Gasteiger charge is 2.10. The second-order valence-corrected chi connectivity index (χ2v) is 5.08. The van der Waals surface area contributed by atoms with Crippen molar-refractivity contribution < 1.29 is 4.79 Å². The molecule has 22 heavy (non-hydrogen) atoms. The van der Waals surface area contributed by atoms with E-state index in [2.05, 4.69) is 33.0 Å². The van der Waals surface area contributed by atoms with Crippen molar-refractivity contribution in [2.24, 2.45) is 0 Å². The molecule has 8 heteroatoms. The highest BCUT2D eigenvalue weighted by atomic mass is 32.1. The Balaban J connectivity index is 1.91. The summed E-state index contributed by atoms with van der Waals surface area (Å²) in [6, 6.07) is 7.38. The number of carbonyl (C=O) groups excluding carboxylic acids is 1. The molecule has 0 atom stereocenters. The molecule has 0 saturated carbocycles. The number of thiocarbonyl (C=S) groups is 1. The van der Waals surface area contributed by atoms with Gasteiger partial charge in [-0.3, -0.25) is 15.4 Å². The third kappa shape index (κ3) is 4.32. The average molecular weight is 318 g/mol. The van der Waals surface area contributed by atoms with Crippen LogP contribution in [0.15, 0.2) is 24.3 Å². The molecule has 0 unspecified atom stereocenters. The normalized spacial score (nSPS) is 10.3. The third-order valence-electron chi connectivity index (χ3n) is 2.95. The number of tetrazole rings is 1. The monoisotopic (exact) mass is 318 g/mol. The van der Waals surface area contributed by atoms with Gasteiger partial charge < -0.3 is 0 Å². The number of hydrogen-bond acceptors (Lipinski definition) is 5. The van der Waals surface area contributed by atoms with E-state index in [4.69, 9.17) is 12.2 Å². The maximum Gasteiger partial charge on any atom is 0.269 e. The van der Waals surface area contributed by atoms with Crippen molar-refractivity contribution >= 4 is 29.2 Å². The molecule has 2 N–H and O–H groups in total. The molecule has 116 valence electrons. The van der Waals surface area contributed by atoms with E-state index in [-0.39, 0.29) is 17.0 Å². The van der Waals surface area contributed by atoms with Gasteiger partial charge in [0.2, 0.25) is 0 Å². The molecule has 1 aromatic carbocycles. The van der Waals surface area contributed by atoms with Gasteiger partial charge in [0.15, 0.2) is 5.11 Å². The van der Waals surface area contributed by atoms with Gasteiger partial charge in [-0.1, -0.05) is 31.1 Å². The lowest BCUT2D eigenvalue weighted by Crippen LogP contribution is -2.34. The van der Waals surface area contributed by atoms with E-state index in [1.807, 2.05) is 19.1 Å². The van der Waals surface area contributed by atoms with Crippen LogP contribution in [-0.2, 0) is 13.0 Å². The van der Waals surface area contributed by atoms with Gasteiger partial charge in [-0.25, -0.2) is 0 Å². The minimum atomic E-state index is -0.277. The standard InChI is InChI=1S/C14H18N6OS/c1-3-9-20-18-13(17-19-20)16-14(22)15-12(21)11-7-5-10(4-2)6-8-11/h5-8H,3-4,9H2,1-2H3,(H2,15,16,18,21,22). The molecule has 7 nitrogen and oxygen atoms in total. The summed E-state index contributed by atoms with van der Waals surface area (Å²) in [5, 5.41) is 17.2. The van der Waals surface area contributed by atoms with Crippen LogP contribution in [0, 0.1) is 0 Å². The van der Waals surface area contributed by atoms with Crippen molar-refractivity contribution in [2.45, 2.75) is 33.2 Å². The Morgan fingerprint density at radius 3 is 2.64 bits per heavy atom. The van der Waals surface area contributed by atoms with E-state index in [0.29, 0.717) is 12.1 Å². The smallest absolute Gasteiger partial charge is 0.269 e. The van der Waals surface area contributed by atoms with Gasteiger partial charge >= 0.3 is 0 Å². The first-order valence-corrected chi connectivity index (χ1v) is 7.52. The molecule has 2 rings (SSSR count). The van der Waals surface area contributed by atoms with Gasteiger partial charge in [-0.15, -0.1) is 5.10 Å². The lowest BCUT2D eigenvalue weighted by Gasteiger charge is -2.07. The second-order valence-electron chi connectivity index (χ2n) is 4.67. The van der Waals surface area contributed by atoms with E-state index in [1.165, 1.54) is 10.4 Å². The van der Waals surface area contributed by atoms with Gasteiger partial charge in [0.25, 0.3) is 11.9 Å². The summed E-state index contributed by atoms with van der Waals surface area (Å²) in [4.78, 5) is 13.5. The molecule has 2 aromatic rings. The Bertz CT molecular complexity index is 652.